The number of nitrogens with one attached hydrogen (secondary N) is 2. The molecule has 0 bridgehead atoms. The number of thiophene rings is 1. The van der Waals surface area contributed by atoms with Gasteiger partial charge in [0.2, 0.25) is 0 Å². The van der Waals surface area contributed by atoms with Crippen LogP contribution >= 0.6 is 35.3 Å². The Hall–Kier alpha value is -1.08. The lowest BCUT2D eigenvalue weighted by molar-refractivity contribution is 0.637. The molecule has 1 atom stereocenters. The van der Waals surface area contributed by atoms with Crippen LogP contribution in [0.4, 0.5) is 0 Å². The first-order chi connectivity index (χ1) is 11.2. The summed E-state index contributed by atoms with van der Waals surface area (Å²) in [4.78, 5) is 5.78. The lowest BCUT2D eigenvalue weighted by Crippen LogP contribution is -2.42. The summed E-state index contributed by atoms with van der Waals surface area (Å²) in [6.45, 7) is 4.10. The highest BCUT2D eigenvalue weighted by atomic mass is 127. The minimum Gasteiger partial charge on any atom is -0.356 e. The normalized spacial score (nSPS) is 16.8. The third-order valence-corrected chi connectivity index (χ3v) is 5.77. The third-order valence-electron chi connectivity index (χ3n) is 4.66. The van der Waals surface area contributed by atoms with Crippen molar-refractivity contribution in [2.45, 2.75) is 31.1 Å². The topological polar surface area (TPSA) is 36.4 Å². The highest BCUT2D eigenvalue weighted by Crippen LogP contribution is 2.47. The monoisotopic (exact) mass is 455 g/mol. The molecule has 1 aromatic carbocycles. The summed E-state index contributed by atoms with van der Waals surface area (Å²) in [5, 5.41) is 9.10. The summed E-state index contributed by atoms with van der Waals surface area (Å²) in [5.41, 5.74) is 1.74. The molecule has 0 spiro atoms. The maximum Gasteiger partial charge on any atom is 0.191 e. The Morgan fingerprint density at radius 3 is 2.50 bits per heavy atom. The van der Waals surface area contributed by atoms with Gasteiger partial charge in [0.15, 0.2) is 5.96 Å². The van der Waals surface area contributed by atoms with Crippen LogP contribution in [0.1, 0.15) is 36.1 Å². The van der Waals surface area contributed by atoms with Gasteiger partial charge >= 0.3 is 0 Å². The van der Waals surface area contributed by atoms with Crippen molar-refractivity contribution < 1.29 is 0 Å². The van der Waals surface area contributed by atoms with Gasteiger partial charge in [-0.05, 0) is 29.9 Å². The van der Waals surface area contributed by atoms with Gasteiger partial charge in [-0.25, -0.2) is 0 Å². The first-order valence-corrected chi connectivity index (χ1v) is 9.15. The van der Waals surface area contributed by atoms with E-state index in [2.05, 4.69) is 70.4 Å². The van der Waals surface area contributed by atoms with Gasteiger partial charge < -0.3 is 10.6 Å². The second-order valence-electron chi connectivity index (χ2n) is 6.37. The van der Waals surface area contributed by atoms with Crippen LogP contribution in [-0.4, -0.2) is 26.1 Å². The lowest BCUT2D eigenvalue weighted by atomic mass is 9.96. The molecule has 3 rings (SSSR count). The molecule has 3 nitrogen and oxygen atoms in total. The van der Waals surface area contributed by atoms with Gasteiger partial charge in [0.25, 0.3) is 0 Å². The molecule has 5 heteroatoms. The van der Waals surface area contributed by atoms with Crippen molar-refractivity contribution in [3.8, 4) is 0 Å². The molecule has 0 saturated heterocycles. The number of aliphatic imine (C=N–C) groups is 1. The fourth-order valence-electron chi connectivity index (χ4n) is 2.91. The van der Waals surface area contributed by atoms with E-state index in [1.807, 2.05) is 18.4 Å². The SMILES string of the molecule is CN=C(NCC(C)c1cccs1)NCC1(c2ccccc2)CC1.I. The van der Waals surface area contributed by atoms with Gasteiger partial charge in [-0.15, -0.1) is 35.3 Å². The van der Waals surface area contributed by atoms with E-state index in [9.17, 15) is 0 Å². The van der Waals surface area contributed by atoms with E-state index in [0.29, 0.717) is 11.3 Å². The Morgan fingerprint density at radius 2 is 1.92 bits per heavy atom. The van der Waals surface area contributed by atoms with Crippen molar-refractivity contribution in [2.75, 3.05) is 20.1 Å². The molecular formula is C19H26IN3S. The van der Waals surface area contributed by atoms with Crippen LogP contribution in [0.2, 0.25) is 0 Å². The second-order valence-corrected chi connectivity index (χ2v) is 7.35. The van der Waals surface area contributed by atoms with Crippen LogP contribution in [-0.2, 0) is 5.41 Å². The van der Waals surface area contributed by atoms with Crippen LogP contribution in [0.15, 0.2) is 52.8 Å². The highest BCUT2D eigenvalue weighted by molar-refractivity contribution is 14.0. The zero-order chi connectivity index (χ0) is 16.1. The molecule has 0 aliphatic heterocycles. The van der Waals surface area contributed by atoms with Crippen LogP contribution in [0.5, 0.6) is 0 Å². The van der Waals surface area contributed by atoms with Gasteiger partial charge in [0.1, 0.15) is 0 Å². The molecule has 1 saturated carbocycles. The standard InChI is InChI=1S/C19H25N3S.HI/c1-15(17-9-6-12-23-17)13-21-18(20-2)22-14-19(10-11-19)16-7-4-3-5-8-16;/h3-9,12,15H,10-11,13-14H2,1-2H3,(H2,20,21,22);1H. The number of halogens is 1. The predicted molar refractivity (Wildman–Crippen MR) is 115 cm³/mol. The van der Waals surface area contributed by atoms with Crippen LogP contribution in [0.25, 0.3) is 0 Å². The average Bonchev–Trinajstić information content (AvgIpc) is 3.18. The molecule has 2 aromatic rings. The third kappa shape index (κ3) is 4.72. The molecule has 1 heterocycles. The van der Waals surface area contributed by atoms with Crippen LogP contribution in [0, 0.1) is 0 Å². The fourth-order valence-corrected chi connectivity index (χ4v) is 3.69. The average molecular weight is 455 g/mol. The second kappa shape index (κ2) is 8.85. The summed E-state index contributed by atoms with van der Waals surface area (Å²) in [6.07, 6.45) is 2.51. The first-order valence-electron chi connectivity index (χ1n) is 8.27. The van der Waals surface area contributed by atoms with Crippen molar-refractivity contribution in [1.82, 2.24) is 10.6 Å². The molecule has 130 valence electrons. The van der Waals surface area contributed by atoms with E-state index >= 15 is 0 Å². The molecule has 1 aliphatic carbocycles. The molecule has 1 aliphatic rings. The van der Waals surface area contributed by atoms with Gasteiger partial charge in [0.05, 0.1) is 0 Å². The van der Waals surface area contributed by atoms with Gasteiger partial charge in [-0.1, -0.05) is 43.3 Å². The van der Waals surface area contributed by atoms with Gasteiger partial charge in [-0.3, -0.25) is 4.99 Å². The quantitative estimate of drug-likeness (QED) is 0.386. The smallest absolute Gasteiger partial charge is 0.191 e. The zero-order valence-corrected chi connectivity index (χ0v) is 17.4. The number of hydrogen-bond donors (Lipinski definition) is 2. The van der Waals surface area contributed by atoms with E-state index in [-0.39, 0.29) is 24.0 Å². The summed E-state index contributed by atoms with van der Waals surface area (Å²) < 4.78 is 0. The Bertz CT molecular complexity index is 636. The number of guanidine groups is 1. The Kier molecular flexibility index (Phi) is 7.10. The molecule has 24 heavy (non-hydrogen) atoms. The van der Waals surface area contributed by atoms with Crippen molar-refractivity contribution in [3.63, 3.8) is 0 Å². The summed E-state index contributed by atoms with van der Waals surface area (Å²) in [6, 6.07) is 15.1. The summed E-state index contributed by atoms with van der Waals surface area (Å²) >= 11 is 1.81. The van der Waals surface area contributed by atoms with E-state index < -0.39 is 0 Å². The van der Waals surface area contributed by atoms with E-state index in [1.165, 1.54) is 23.3 Å². The van der Waals surface area contributed by atoms with Crippen molar-refractivity contribution >= 4 is 41.3 Å². The Balaban J connectivity index is 0.00000208. The van der Waals surface area contributed by atoms with E-state index in [4.69, 9.17) is 0 Å². The molecule has 1 fully saturated rings. The number of nitrogens with zero attached hydrogens (tertiary/aromatic N) is 1. The molecule has 2 N–H and O–H groups in total. The van der Waals surface area contributed by atoms with Crippen LogP contribution in [0.3, 0.4) is 0 Å². The van der Waals surface area contributed by atoms with Gasteiger partial charge in [0, 0.05) is 36.3 Å². The largest absolute Gasteiger partial charge is 0.356 e. The van der Waals surface area contributed by atoms with Gasteiger partial charge in [-0.2, -0.15) is 0 Å². The summed E-state index contributed by atoms with van der Waals surface area (Å²) in [5.74, 6) is 1.40. The number of benzene rings is 1. The minimum absolute atomic E-state index is 0. The molecule has 1 unspecified atom stereocenters. The molecular weight excluding hydrogens is 429 g/mol. The summed E-state index contributed by atoms with van der Waals surface area (Å²) in [7, 11) is 1.84. The maximum atomic E-state index is 4.36. The Labute approximate surface area is 166 Å². The first kappa shape index (κ1) is 19.2. The number of rotatable bonds is 6. The van der Waals surface area contributed by atoms with Crippen LogP contribution < -0.4 is 10.6 Å². The fraction of sp³-hybridized carbons (Fsp3) is 0.421. The van der Waals surface area contributed by atoms with E-state index in [0.717, 1.165) is 19.0 Å². The minimum atomic E-state index is 0. The molecule has 1 aromatic heterocycles. The Morgan fingerprint density at radius 1 is 1.17 bits per heavy atom. The van der Waals surface area contributed by atoms with Crippen molar-refractivity contribution in [2.24, 2.45) is 4.99 Å². The van der Waals surface area contributed by atoms with Crippen molar-refractivity contribution in [1.29, 1.82) is 0 Å². The molecule has 0 amide bonds. The maximum absolute atomic E-state index is 4.36. The highest BCUT2D eigenvalue weighted by Gasteiger charge is 2.43. The zero-order valence-electron chi connectivity index (χ0n) is 14.3. The predicted octanol–water partition coefficient (Wildman–Crippen LogP) is 4.37. The van der Waals surface area contributed by atoms with Crippen molar-refractivity contribution in [3.05, 3.63) is 58.3 Å². The molecule has 0 radical (unpaired) electrons. The number of hydrogen-bond acceptors (Lipinski definition) is 2. The van der Waals surface area contributed by atoms with E-state index in [1.54, 1.807) is 0 Å². The lowest BCUT2D eigenvalue weighted by Gasteiger charge is -2.20.